The number of aromatic nitrogens is 1. The summed E-state index contributed by atoms with van der Waals surface area (Å²) in [6.45, 7) is 4.60. The number of nitrogens with zero attached hydrogens (tertiary/aromatic N) is 1. The van der Waals surface area contributed by atoms with Crippen LogP contribution >= 0.6 is 0 Å². The summed E-state index contributed by atoms with van der Waals surface area (Å²) in [4.78, 5) is 4.31. The van der Waals surface area contributed by atoms with Gasteiger partial charge >= 0.3 is 0 Å². The molecule has 18 heavy (non-hydrogen) atoms. The van der Waals surface area contributed by atoms with E-state index >= 15 is 0 Å². The van der Waals surface area contributed by atoms with Crippen molar-refractivity contribution in [3.8, 4) is 17.0 Å². The average Bonchev–Trinajstić information content (AvgIpc) is 2.86. The van der Waals surface area contributed by atoms with E-state index in [2.05, 4.69) is 24.9 Å². The van der Waals surface area contributed by atoms with Crippen molar-refractivity contribution >= 4 is 0 Å². The summed E-state index contributed by atoms with van der Waals surface area (Å²) >= 11 is 0. The fraction of sp³-hybridized carbons (Fsp3) is 0.357. The van der Waals surface area contributed by atoms with Gasteiger partial charge in [-0.3, -0.25) is 0 Å². The topological polar surface area (TPSA) is 61.3 Å². The minimum Gasteiger partial charge on any atom is -0.496 e. The average molecular weight is 246 g/mol. The van der Waals surface area contributed by atoms with Crippen LogP contribution in [0.25, 0.3) is 11.3 Å². The highest BCUT2D eigenvalue weighted by atomic mass is 16.5. The maximum atomic E-state index is 5.49. The summed E-state index contributed by atoms with van der Waals surface area (Å²) in [6, 6.07) is 6.13. The van der Waals surface area contributed by atoms with Crippen LogP contribution in [0.1, 0.15) is 31.2 Å². The molecule has 2 rings (SSSR count). The van der Waals surface area contributed by atoms with Crippen LogP contribution in [0.3, 0.4) is 0 Å². The summed E-state index contributed by atoms with van der Waals surface area (Å²) in [5.74, 6) is 1.79. The van der Waals surface area contributed by atoms with Crippen LogP contribution in [-0.2, 0) is 6.54 Å². The molecule has 0 saturated heterocycles. The van der Waals surface area contributed by atoms with E-state index in [9.17, 15) is 0 Å². The molecule has 1 aromatic heterocycles. The van der Waals surface area contributed by atoms with Gasteiger partial charge in [-0.25, -0.2) is 4.98 Å². The number of hydrogen-bond acceptors (Lipinski definition) is 4. The summed E-state index contributed by atoms with van der Waals surface area (Å²) in [5.41, 5.74) is 8.40. The van der Waals surface area contributed by atoms with Crippen molar-refractivity contribution in [2.24, 2.45) is 5.73 Å². The summed E-state index contributed by atoms with van der Waals surface area (Å²) < 4.78 is 10.7. The van der Waals surface area contributed by atoms with Gasteiger partial charge in [-0.15, -0.1) is 0 Å². The Hall–Kier alpha value is -1.81. The van der Waals surface area contributed by atoms with Crippen molar-refractivity contribution in [3.63, 3.8) is 0 Å². The van der Waals surface area contributed by atoms with Crippen LogP contribution in [0.4, 0.5) is 0 Å². The molecule has 4 heteroatoms. The molecule has 0 aliphatic carbocycles. The second-order valence-corrected chi connectivity index (χ2v) is 4.45. The van der Waals surface area contributed by atoms with E-state index in [1.165, 1.54) is 5.56 Å². The maximum absolute atomic E-state index is 5.49. The van der Waals surface area contributed by atoms with Gasteiger partial charge in [-0.05, 0) is 23.6 Å². The van der Waals surface area contributed by atoms with Crippen LogP contribution in [0.2, 0.25) is 0 Å². The first kappa shape index (κ1) is 12.6. The van der Waals surface area contributed by atoms with Gasteiger partial charge in [0.15, 0.2) is 0 Å². The van der Waals surface area contributed by atoms with E-state index in [0.717, 1.165) is 17.0 Å². The van der Waals surface area contributed by atoms with Gasteiger partial charge in [0, 0.05) is 5.56 Å². The molecule has 96 valence electrons. The van der Waals surface area contributed by atoms with Crippen LogP contribution in [-0.4, -0.2) is 12.1 Å². The van der Waals surface area contributed by atoms with Gasteiger partial charge in [0.25, 0.3) is 0 Å². The van der Waals surface area contributed by atoms with Crippen LogP contribution in [0.15, 0.2) is 28.9 Å². The van der Waals surface area contributed by atoms with E-state index in [-0.39, 0.29) is 0 Å². The van der Waals surface area contributed by atoms with E-state index in [4.69, 9.17) is 14.9 Å². The molecule has 1 aromatic carbocycles. The minimum absolute atomic E-state index is 0.298. The Morgan fingerprint density at radius 3 is 2.72 bits per heavy atom. The highest BCUT2D eigenvalue weighted by Crippen LogP contribution is 2.32. The lowest BCUT2D eigenvalue weighted by molar-refractivity contribution is 0.415. The molecule has 2 N–H and O–H groups in total. The van der Waals surface area contributed by atoms with Crippen LogP contribution in [0.5, 0.6) is 5.75 Å². The third-order valence-corrected chi connectivity index (χ3v) is 2.89. The Bertz CT molecular complexity index is 532. The van der Waals surface area contributed by atoms with Crippen molar-refractivity contribution in [3.05, 3.63) is 35.9 Å². The van der Waals surface area contributed by atoms with Gasteiger partial charge < -0.3 is 14.9 Å². The minimum atomic E-state index is 0.298. The first-order chi connectivity index (χ1) is 8.65. The number of methoxy groups -OCH3 is 1. The standard InChI is InChI=1S/C14H18N2O2/c1-9(2)10-4-5-11(13(6-10)17-3)12-8-18-14(7-15)16-12/h4-6,8-9H,7,15H2,1-3H3. The zero-order valence-electron chi connectivity index (χ0n) is 10.9. The van der Waals surface area contributed by atoms with E-state index in [0.29, 0.717) is 18.4 Å². The molecular formula is C14H18N2O2. The zero-order valence-corrected chi connectivity index (χ0v) is 10.9. The first-order valence-corrected chi connectivity index (χ1v) is 5.98. The SMILES string of the molecule is COc1cc(C(C)C)ccc1-c1coc(CN)n1. The predicted octanol–water partition coefficient (Wildman–Crippen LogP) is 2.93. The Morgan fingerprint density at radius 2 is 2.17 bits per heavy atom. The van der Waals surface area contributed by atoms with Gasteiger partial charge in [0.05, 0.1) is 13.7 Å². The fourth-order valence-corrected chi connectivity index (χ4v) is 1.81. The normalized spacial score (nSPS) is 10.9. The Balaban J connectivity index is 2.44. The smallest absolute Gasteiger partial charge is 0.208 e. The summed E-state index contributed by atoms with van der Waals surface area (Å²) in [5, 5.41) is 0. The number of ether oxygens (including phenoxy) is 1. The van der Waals surface area contributed by atoms with Crippen molar-refractivity contribution in [2.75, 3.05) is 7.11 Å². The molecule has 0 aliphatic heterocycles. The van der Waals surface area contributed by atoms with Crippen LogP contribution < -0.4 is 10.5 Å². The molecule has 0 radical (unpaired) electrons. The molecular weight excluding hydrogens is 228 g/mol. The number of benzene rings is 1. The van der Waals surface area contributed by atoms with Gasteiger partial charge in [0.1, 0.15) is 17.7 Å². The van der Waals surface area contributed by atoms with Crippen molar-refractivity contribution in [1.29, 1.82) is 0 Å². The first-order valence-electron chi connectivity index (χ1n) is 5.98. The molecule has 0 fully saturated rings. The molecule has 2 aromatic rings. The molecule has 0 spiro atoms. The third kappa shape index (κ3) is 2.38. The Morgan fingerprint density at radius 1 is 1.39 bits per heavy atom. The van der Waals surface area contributed by atoms with Crippen molar-refractivity contribution in [1.82, 2.24) is 4.98 Å². The maximum Gasteiger partial charge on any atom is 0.208 e. The number of rotatable bonds is 4. The molecule has 0 unspecified atom stereocenters. The lowest BCUT2D eigenvalue weighted by atomic mass is 10.00. The predicted molar refractivity (Wildman–Crippen MR) is 70.5 cm³/mol. The molecule has 0 bridgehead atoms. The number of hydrogen-bond donors (Lipinski definition) is 1. The quantitative estimate of drug-likeness (QED) is 0.901. The number of nitrogens with two attached hydrogens (primary N) is 1. The highest BCUT2D eigenvalue weighted by Gasteiger charge is 2.12. The monoisotopic (exact) mass is 246 g/mol. The lowest BCUT2D eigenvalue weighted by Gasteiger charge is -2.11. The fourth-order valence-electron chi connectivity index (χ4n) is 1.81. The van der Waals surface area contributed by atoms with E-state index in [1.807, 2.05) is 12.1 Å². The Labute approximate surface area is 107 Å². The van der Waals surface area contributed by atoms with Crippen molar-refractivity contribution in [2.45, 2.75) is 26.3 Å². The summed E-state index contributed by atoms with van der Waals surface area (Å²) in [6.07, 6.45) is 1.61. The van der Waals surface area contributed by atoms with Crippen molar-refractivity contribution < 1.29 is 9.15 Å². The molecule has 0 amide bonds. The second-order valence-electron chi connectivity index (χ2n) is 4.45. The second kappa shape index (κ2) is 5.23. The third-order valence-electron chi connectivity index (χ3n) is 2.89. The van der Waals surface area contributed by atoms with Crippen LogP contribution in [0, 0.1) is 0 Å². The molecule has 0 aliphatic rings. The van der Waals surface area contributed by atoms with E-state index < -0.39 is 0 Å². The number of oxazole rings is 1. The Kier molecular flexibility index (Phi) is 3.67. The van der Waals surface area contributed by atoms with E-state index in [1.54, 1.807) is 13.4 Å². The van der Waals surface area contributed by atoms with Gasteiger partial charge in [0.2, 0.25) is 5.89 Å². The largest absolute Gasteiger partial charge is 0.496 e. The van der Waals surface area contributed by atoms with Gasteiger partial charge in [-0.2, -0.15) is 0 Å². The zero-order chi connectivity index (χ0) is 13.1. The van der Waals surface area contributed by atoms with Gasteiger partial charge in [-0.1, -0.05) is 19.9 Å². The molecule has 4 nitrogen and oxygen atoms in total. The molecule has 1 heterocycles. The highest BCUT2D eigenvalue weighted by molar-refractivity contribution is 5.67. The molecule has 0 saturated carbocycles. The molecule has 0 atom stereocenters. The lowest BCUT2D eigenvalue weighted by Crippen LogP contribution is -1.96. The summed E-state index contributed by atoms with van der Waals surface area (Å²) in [7, 11) is 1.66.